The molecule has 5 rings (SSSR count). The molecule has 25 heavy (non-hydrogen) atoms. The number of aromatic carboxylic acids is 1. The molecule has 0 aliphatic heterocycles. The van der Waals surface area contributed by atoms with Gasteiger partial charge in [-0.25, -0.2) is 14.8 Å². The van der Waals surface area contributed by atoms with E-state index in [0.29, 0.717) is 28.5 Å². The van der Waals surface area contributed by atoms with E-state index in [2.05, 4.69) is 38.2 Å². The molecule has 124 valence electrons. The molecule has 7 nitrogen and oxygen atoms in total. The van der Waals surface area contributed by atoms with Crippen LogP contribution in [0, 0.1) is 0 Å². The van der Waals surface area contributed by atoms with Gasteiger partial charge in [-0.05, 0) is 30.4 Å². The number of aryl methyl sites for hydroxylation is 1. The minimum atomic E-state index is -1.03. The van der Waals surface area contributed by atoms with E-state index >= 15 is 0 Å². The third kappa shape index (κ3) is 2.12. The van der Waals surface area contributed by atoms with Crippen LogP contribution in [0.1, 0.15) is 34.7 Å². The molecule has 0 radical (unpaired) electrons. The normalized spacial score (nSPS) is 14.4. The number of aromatic nitrogens is 5. The fraction of sp³-hybridized carbons (Fsp3) is 0.222. The van der Waals surface area contributed by atoms with Crippen molar-refractivity contribution in [2.75, 3.05) is 0 Å². The van der Waals surface area contributed by atoms with Gasteiger partial charge in [-0.3, -0.25) is 4.68 Å². The number of aromatic amines is 1. The molecule has 0 amide bonds. The van der Waals surface area contributed by atoms with Crippen LogP contribution in [0.2, 0.25) is 0 Å². The number of carboxylic acid groups (broad SMARTS) is 1. The zero-order valence-corrected chi connectivity index (χ0v) is 13.5. The van der Waals surface area contributed by atoms with Crippen molar-refractivity contribution in [1.29, 1.82) is 0 Å². The van der Waals surface area contributed by atoms with Gasteiger partial charge in [-0.2, -0.15) is 5.10 Å². The second-order valence-corrected chi connectivity index (χ2v) is 6.48. The van der Waals surface area contributed by atoms with Gasteiger partial charge in [0.15, 0.2) is 5.65 Å². The van der Waals surface area contributed by atoms with Gasteiger partial charge in [-0.15, -0.1) is 0 Å². The monoisotopic (exact) mass is 333 g/mol. The molecule has 7 heteroatoms. The van der Waals surface area contributed by atoms with E-state index in [-0.39, 0.29) is 5.56 Å². The van der Waals surface area contributed by atoms with Crippen LogP contribution in [0.15, 0.2) is 30.6 Å². The fourth-order valence-electron chi connectivity index (χ4n) is 3.30. The van der Waals surface area contributed by atoms with E-state index in [1.807, 2.05) is 11.7 Å². The van der Waals surface area contributed by atoms with E-state index in [0.717, 1.165) is 10.9 Å². The van der Waals surface area contributed by atoms with Crippen LogP contribution < -0.4 is 0 Å². The molecule has 0 saturated heterocycles. The summed E-state index contributed by atoms with van der Waals surface area (Å²) in [6, 6.07) is 6.41. The number of carbonyl (C=O) groups is 1. The summed E-state index contributed by atoms with van der Waals surface area (Å²) in [5, 5.41) is 14.9. The summed E-state index contributed by atoms with van der Waals surface area (Å²) in [7, 11) is 1.91. The van der Waals surface area contributed by atoms with Gasteiger partial charge in [0.1, 0.15) is 22.5 Å². The Morgan fingerprint density at radius 1 is 1.36 bits per heavy atom. The summed E-state index contributed by atoms with van der Waals surface area (Å²) in [6.07, 6.45) is 5.55. The zero-order valence-electron chi connectivity index (χ0n) is 13.5. The van der Waals surface area contributed by atoms with Gasteiger partial charge in [0, 0.05) is 18.6 Å². The Hall–Kier alpha value is -3.22. The summed E-state index contributed by atoms with van der Waals surface area (Å²) in [5.74, 6) is -0.352. The molecule has 0 bridgehead atoms. The quantitative estimate of drug-likeness (QED) is 0.600. The highest BCUT2D eigenvalue weighted by Gasteiger charge is 2.24. The van der Waals surface area contributed by atoms with E-state index in [1.54, 1.807) is 6.20 Å². The first-order valence-corrected chi connectivity index (χ1v) is 8.16. The second kappa shape index (κ2) is 4.89. The summed E-state index contributed by atoms with van der Waals surface area (Å²) < 4.78 is 1.84. The second-order valence-electron chi connectivity index (χ2n) is 6.48. The predicted octanol–water partition coefficient (Wildman–Crippen LogP) is 3.09. The fourth-order valence-corrected chi connectivity index (χ4v) is 3.30. The Labute approximate surface area is 142 Å². The standard InChI is InChI=1S/C18H15N5O2/c1-23-14-6-10(9-2-3-9)4-5-11(14)15(22-23)13-8-20-17-16(21-13)12(7-19-17)18(24)25/h4-9H,2-3H2,1H3,(H,19,20)(H,24,25). The van der Waals surface area contributed by atoms with Gasteiger partial charge in [0.2, 0.25) is 0 Å². The van der Waals surface area contributed by atoms with Crippen molar-refractivity contribution in [2.45, 2.75) is 18.8 Å². The van der Waals surface area contributed by atoms with Crippen LogP contribution in [-0.2, 0) is 7.05 Å². The number of benzene rings is 1. The van der Waals surface area contributed by atoms with Crippen molar-refractivity contribution in [3.63, 3.8) is 0 Å². The number of carboxylic acids is 1. The Morgan fingerprint density at radius 2 is 2.20 bits per heavy atom. The lowest BCUT2D eigenvalue weighted by molar-refractivity contribution is 0.0699. The van der Waals surface area contributed by atoms with Crippen LogP contribution in [0.25, 0.3) is 33.5 Å². The topological polar surface area (TPSA) is 96.7 Å². The summed E-state index contributed by atoms with van der Waals surface area (Å²) in [4.78, 5) is 23.0. The first-order valence-electron chi connectivity index (χ1n) is 8.16. The van der Waals surface area contributed by atoms with E-state index in [1.165, 1.54) is 24.6 Å². The number of rotatable bonds is 3. The number of nitrogens with zero attached hydrogens (tertiary/aromatic N) is 4. The Morgan fingerprint density at radius 3 is 2.96 bits per heavy atom. The molecule has 0 unspecified atom stereocenters. The average molecular weight is 333 g/mol. The molecule has 3 aromatic heterocycles. The molecule has 1 fully saturated rings. The third-order valence-electron chi connectivity index (χ3n) is 4.78. The summed E-state index contributed by atoms with van der Waals surface area (Å²) >= 11 is 0. The first kappa shape index (κ1) is 14.2. The van der Waals surface area contributed by atoms with Crippen LogP contribution >= 0.6 is 0 Å². The van der Waals surface area contributed by atoms with Gasteiger partial charge in [-0.1, -0.05) is 12.1 Å². The maximum Gasteiger partial charge on any atom is 0.339 e. The molecule has 0 spiro atoms. The first-order chi connectivity index (χ1) is 12.1. The maximum atomic E-state index is 11.3. The number of fused-ring (bicyclic) bond motifs is 2. The number of H-pyrrole nitrogens is 1. The highest BCUT2D eigenvalue weighted by molar-refractivity contribution is 6.01. The smallest absolute Gasteiger partial charge is 0.339 e. The van der Waals surface area contributed by atoms with Gasteiger partial charge in [0.25, 0.3) is 0 Å². The Balaban J connectivity index is 1.71. The molecule has 4 aromatic rings. The lowest BCUT2D eigenvalue weighted by Crippen LogP contribution is -1.97. The van der Waals surface area contributed by atoms with Crippen molar-refractivity contribution in [3.05, 3.63) is 41.7 Å². The van der Waals surface area contributed by atoms with Crippen molar-refractivity contribution >= 4 is 28.0 Å². The van der Waals surface area contributed by atoms with Crippen molar-refractivity contribution < 1.29 is 9.90 Å². The van der Waals surface area contributed by atoms with Gasteiger partial charge < -0.3 is 10.1 Å². The Kier molecular flexibility index (Phi) is 2.77. The van der Waals surface area contributed by atoms with Crippen LogP contribution in [0.4, 0.5) is 0 Å². The molecule has 1 aliphatic carbocycles. The molecule has 0 atom stereocenters. The molecule has 2 N–H and O–H groups in total. The van der Waals surface area contributed by atoms with Crippen LogP contribution in [0.5, 0.6) is 0 Å². The number of hydrogen-bond acceptors (Lipinski definition) is 4. The van der Waals surface area contributed by atoms with Crippen LogP contribution in [0.3, 0.4) is 0 Å². The lowest BCUT2D eigenvalue weighted by atomic mass is 10.1. The molecular formula is C18H15N5O2. The number of hydrogen-bond donors (Lipinski definition) is 2. The summed E-state index contributed by atoms with van der Waals surface area (Å²) in [5.41, 5.74) is 4.60. The van der Waals surface area contributed by atoms with Gasteiger partial charge >= 0.3 is 5.97 Å². The van der Waals surface area contributed by atoms with E-state index in [9.17, 15) is 9.90 Å². The molecule has 1 saturated carbocycles. The molecular weight excluding hydrogens is 318 g/mol. The van der Waals surface area contributed by atoms with E-state index < -0.39 is 5.97 Å². The number of nitrogens with one attached hydrogen (secondary N) is 1. The maximum absolute atomic E-state index is 11.3. The largest absolute Gasteiger partial charge is 0.478 e. The highest BCUT2D eigenvalue weighted by Crippen LogP contribution is 2.41. The van der Waals surface area contributed by atoms with Gasteiger partial charge in [0.05, 0.1) is 11.7 Å². The third-order valence-corrected chi connectivity index (χ3v) is 4.78. The van der Waals surface area contributed by atoms with Crippen molar-refractivity contribution in [1.82, 2.24) is 24.7 Å². The molecule has 1 aromatic carbocycles. The highest BCUT2D eigenvalue weighted by atomic mass is 16.4. The molecule has 1 aliphatic rings. The SMILES string of the molecule is Cn1nc(-c2cnc3[nH]cc(C(=O)O)c3n2)c2ccc(C3CC3)cc21. The molecule has 3 heterocycles. The zero-order chi connectivity index (χ0) is 17.1. The lowest BCUT2D eigenvalue weighted by Gasteiger charge is -2.00. The van der Waals surface area contributed by atoms with Crippen LogP contribution in [-0.4, -0.2) is 35.8 Å². The predicted molar refractivity (Wildman–Crippen MR) is 92.5 cm³/mol. The van der Waals surface area contributed by atoms with Crippen molar-refractivity contribution in [3.8, 4) is 11.4 Å². The van der Waals surface area contributed by atoms with Crippen molar-refractivity contribution in [2.24, 2.45) is 7.05 Å². The minimum absolute atomic E-state index is 0.112. The Bertz CT molecular complexity index is 1150. The van der Waals surface area contributed by atoms with E-state index in [4.69, 9.17) is 0 Å². The minimum Gasteiger partial charge on any atom is -0.478 e. The average Bonchev–Trinajstić information content (AvgIpc) is 3.29. The summed E-state index contributed by atoms with van der Waals surface area (Å²) in [6.45, 7) is 0.